The van der Waals surface area contributed by atoms with Gasteiger partial charge in [-0.05, 0) is 6.92 Å². The first-order valence-corrected chi connectivity index (χ1v) is 6.86. The van der Waals surface area contributed by atoms with Crippen LogP contribution in [0.2, 0.25) is 0 Å². The molecule has 2 N–H and O–H groups in total. The standard InChI is InChI=1S/C9H17NO6S/c1-6(17(3,14)15)8(11)10-7(9(12)13)4-5-16-2/h6-7H,4-5H2,1-3H3,(H,10,11)(H,12,13). The first-order chi connectivity index (χ1) is 7.70. The molecule has 7 nitrogen and oxygen atoms in total. The average molecular weight is 267 g/mol. The first kappa shape index (κ1) is 15.9. The number of rotatable bonds is 7. The minimum atomic E-state index is -3.53. The van der Waals surface area contributed by atoms with Gasteiger partial charge in [0.2, 0.25) is 5.91 Å². The predicted molar refractivity (Wildman–Crippen MR) is 60.4 cm³/mol. The van der Waals surface area contributed by atoms with Crippen molar-refractivity contribution in [2.45, 2.75) is 24.6 Å². The van der Waals surface area contributed by atoms with E-state index in [1.54, 1.807) is 0 Å². The Labute approximate surface area is 100 Å². The molecule has 0 spiro atoms. The van der Waals surface area contributed by atoms with E-state index in [2.05, 4.69) is 5.32 Å². The maximum absolute atomic E-state index is 11.5. The molecule has 0 bridgehead atoms. The number of methoxy groups -OCH3 is 1. The molecule has 0 aliphatic rings. The molecule has 100 valence electrons. The Balaban J connectivity index is 4.56. The minimum absolute atomic E-state index is 0.0774. The van der Waals surface area contributed by atoms with Gasteiger partial charge in [0.25, 0.3) is 0 Å². The number of sulfone groups is 1. The smallest absolute Gasteiger partial charge is 0.326 e. The zero-order valence-electron chi connectivity index (χ0n) is 9.97. The van der Waals surface area contributed by atoms with Gasteiger partial charge in [-0.1, -0.05) is 0 Å². The van der Waals surface area contributed by atoms with Crippen LogP contribution in [0.5, 0.6) is 0 Å². The van der Waals surface area contributed by atoms with E-state index in [0.29, 0.717) is 0 Å². The molecule has 0 aromatic heterocycles. The minimum Gasteiger partial charge on any atom is -0.480 e. The number of carbonyl (C=O) groups is 2. The normalized spacial score (nSPS) is 15.0. The highest BCUT2D eigenvalue weighted by atomic mass is 32.2. The molecule has 0 fully saturated rings. The van der Waals surface area contributed by atoms with E-state index in [1.165, 1.54) is 14.0 Å². The van der Waals surface area contributed by atoms with E-state index < -0.39 is 33.0 Å². The molecule has 0 saturated heterocycles. The van der Waals surface area contributed by atoms with Crippen LogP contribution in [0.1, 0.15) is 13.3 Å². The summed E-state index contributed by atoms with van der Waals surface area (Å²) >= 11 is 0. The van der Waals surface area contributed by atoms with E-state index in [9.17, 15) is 18.0 Å². The zero-order valence-corrected chi connectivity index (χ0v) is 10.8. The summed E-state index contributed by atoms with van der Waals surface area (Å²) in [4.78, 5) is 22.3. The summed E-state index contributed by atoms with van der Waals surface area (Å²) < 4.78 is 26.9. The van der Waals surface area contributed by atoms with Gasteiger partial charge in [-0.25, -0.2) is 13.2 Å². The van der Waals surface area contributed by atoms with Gasteiger partial charge in [0.1, 0.15) is 11.3 Å². The number of carboxylic acids is 1. The van der Waals surface area contributed by atoms with Crippen LogP contribution < -0.4 is 5.32 Å². The van der Waals surface area contributed by atoms with Crippen molar-refractivity contribution in [1.29, 1.82) is 0 Å². The van der Waals surface area contributed by atoms with Crippen LogP contribution in [-0.4, -0.2) is 56.7 Å². The summed E-state index contributed by atoms with van der Waals surface area (Å²) in [5, 5.41) is 9.70. The van der Waals surface area contributed by atoms with E-state index in [1.807, 2.05) is 0 Å². The Kier molecular flexibility index (Phi) is 6.11. The summed E-state index contributed by atoms with van der Waals surface area (Å²) in [5.74, 6) is -2.05. The Morgan fingerprint density at radius 1 is 1.41 bits per heavy atom. The lowest BCUT2D eigenvalue weighted by Crippen LogP contribution is -2.47. The van der Waals surface area contributed by atoms with Crippen molar-refractivity contribution in [3.05, 3.63) is 0 Å². The average Bonchev–Trinajstić information content (AvgIpc) is 2.20. The fourth-order valence-corrected chi connectivity index (χ4v) is 1.43. The van der Waals surface area contributed by atoms with Crippen molar-refractivity contribution in [1.82, 2.24) is 5.32 Å². The third kappa shape index (κ3) is 5.64. The van der Waals surface area contributed by atoms with Crippen molar-refractivity contribution >= 4 is 21.7 Å². The topological polar surface area (TPSA) is 110 Å². The Morgan fingerprint density at radius 3 is 2.29 bits per heavy atom. The Bertz CT molecular complexity index is 377. The molecular formula is C9H17NO6S. The van der Waals surface area contributed by atoms with Gasteiger partial charge in [-0.15, -0.1) is 0 Å². The van der Waals surface area contributed by atoms with Crippen molar-refractivity contribution in [2.75, 3.05) is 20.0 Å². The summed E-state index contributed by atoms with van der Waals surface area (Å²) in [6, 6.07) is -1.15. The monoisotopic (exact) mass is 267 g/mol. The van der Waals surface area contributed by atoms with Crippen molar-refractivity contribution in [2.24, 2.45) is 0 Å². The van der Waals surface area contributed by atoms with E-state index in [-0.39, 0.29) is 13.0 Å². The number of hydrogen-bond donors (Lipinski definition) is 2. The molecule has 0 aliphatic heterocycles. The molecule has 1 amide bonds. The van der Waals surface area contributed by atoms with Crippen LogP contribution in [0.25, 0.3) is 0 Å². The van der Waals surface area contributed by atoms with Crippen LogP contribution in [0.4, 0.5) is 0 Å². The largest absolute Gasteiger partial charge is 0.480 e. The zero-order chi connectivity index (χ0) is 13.6. The van der Waals surface area contributed by atoms with Crippen molar-refractivity contribution in [3.8, 4) is 0 Å². The number of amides is 1. The van der Waals surface area contributed by atoms with Gasteiger partial charge in [0, 0.05) is 26.4 Å². The van der Waals surface area contributed by atoms with Crippen LogP contribution in [0, 0.1) is 0 Å². The quantitative estimate of drug-likeness (QED) is 0.614. The molecule has 0 rings (SSSR count). The maximum Gasteiger partial charge on any atom is 0.326 e. The third-order valence-corrected chi connectivity index (χ3v) is 3.74. The van der Waals surface area contributed by atoms with Gasteiger partial charge in [0.05, 0.1) is 0 Å². The molecule has 0 saturated carbocycles. The lowest BCUT2D eigenvalue weighted by Gasteiger charge is -2.16. The Morgan fingerprint density at radius 2 is 1.94 bits per heavy atom. The molecule has 17 heavy (non-hydrogen) atoms. The maximum atomic E-state index is 11.5. The summed E-state index contributed by atoms with van der Waals surface area (Å²) in [6.45, 7) is 1.37. The second-order valence-corrected chi connectivity index (χ2v) is 6.02. The molecular weight excluding hydrogens is 250 g/mol. The molecule has 8 heteroatoms. The van der Waals surface area contributed by atoms with Gasteiger partial charge in [-0.2, -0.15) is 0 Å². The highest BCUT2D eigenvalue weighted by molar-refractivity contribution is 7.92. The van der Waals surface area contributed by atoms with Gasteiger partial charge in [0.15, 0.2) is 9.84 Å². The Hall–Kier alpha value is -1.15. The molecule has 0 aromatic rings. The molecule has 2 unspecified atom stereocenters. The van der Waals surface area contributed by atoms with Crippen LogP contribution >= 0.6 is 0 Å². The SMILES string of the molecule is COCCC(NC(=O)C(C)S(C)(=O)=O)C(=O)O. The number of nitrogens with one attached hydrogen (secondary N) is 1. The highest BCUT2D eigenvalue weighted by Gasteiger charge is 2.27. The number of ether oxygens (including phenoxy) is 1. The van der Waals surface area contributed by atoms with Gasteiger partial charge >= 0.3 is 5.97 Å². The second-order valence-electron chi connectivity index (χ2n) is 3.65. The van der Waals surface area contributed by atoms with Crippen LogP contribution in [-0.2, 0) is 24.2 Å². The second kappa shape index (κ2) is 6.55. The third-order valence-electron chi connectivity index (χ3n) is 2.24. The number of hydrogen-bond acceptors (Lipinski definition) is 5. The van der Waals surface area contributed by atoms with E-state index in [4.69, 9.17) is 9.84 Å². The molecule has 0 aromatic carbocycles. The van der Waals surface area contributed by atoms with E-state index >= 15 is 0 Å². The fourth-order valence-electron chi connectivity index (χ4n) is 0.977. The number of carbonyl (C=O) groups excluding carboxylic acids is 1. The van der Waals surface area contributed by atoms with Crippen LogP contribution in [0.15, 0.2) is 0 Å². The van der Waals surface area contributed by atoms with Crippen LogP contribution in [0.3, 0.4) is 0 Å². The fraction of sp³-hybridized carbons (Fsp3) is 0.778. The summed E-state index contributed by atoms with van der Waals surface area (Å²) in [7, 11) is -2.13. The van der Waals surface area contributed by atoms with Gasteiger partial charge < -0.3 is 15.2 Å². The number of aliphatic carboxylic acids is 1. The summed E-state index contributed by atoms with van der Waals surface area (Å²) in [6.07, 6.45) is 0.996. The highest BCUT2D eigenvalue weighted by Crippen LogP contribution is 2.00. The van der Waals surface area contributed by atoms with Gasteiger partial charge in [-0.3, -0.25) is 4.79 Å². The number of carboxylic acid groups (broad SMARTS) is 1. The van der Waals surface area contributed by atoms with E-state index in [0.717, 1.165) is 6.26 Å². The first-order valence-electron chi connectivity index (χ1n) is 4.91. The lowest BCUT2D eigenvalue weighted by molar-refractivity contribution is -0.142. The molecule has 0 radical (unpaired) electrons. The molecule has 0 aliphatic carbocycles. The lowest BCUT2D eigenvalue weighted by atomic mass is 10.2. The molecule has 0 heterocycles. The molecule has 2 atom stereocenters. The predicted octanol–water partition coefficient (Wildman–Crippen LogP) is -0.975. The van der Waals surface area contributed by atoms with Crippen molar-refractivity contribution < 1.29 is 27.9 Å². The van der Waals surface area contributed by atoms with Crippen molar-refractivity contribution in [3.63, 3.8) is 0 Å². The summed E-state index contributed by atoms with van der Waals surface area (Å²) in [5.41, 5.74) is 0.